The van der Waals surface area contributed by atoms with E-state index in [2.05, 4.69) is 10.6 Å². The SMILES string of the molecule is CN(C(=O)c1ccc(CNC(N)=O)cc1)C1CC2CCC(C1)N2.Cl. The van der Waals surface area contributed by atoms with Gasteiger partial charge in [-0.3, -0.25) is 4.79 Å². The molecule has 4 N–H and O–H groups in total. The van der Waals surface area contributed by atoms with E-state index in [0.717, 1.165) is 18.4 Å². The molecule has 132 valence electrons. The lowest BCUT2D eigenvalue weighted by atomic mass is 9.98. The Morgan fingerprint density at radius 2 is 1.79 bits per heavy atom. The molecule has 0 aromatic heterocycles. The van der Waals surface area contributed by atoms with Crippen molar-refractivity contribution in [3.05, 3.63) is 35.4 Å². The van der Waals surface area contributed by atoms with Gasteiger partial charge in [0.25, 0.3) is 5.91 Å². The van der Waals surface area contributed by atoms with Gasteiger partial charge in [-0.1, -0.05) is 12.1 Å². The molecule has 3 amide bonds. The molecule has 0 aliphatic carbocycles. The number of piperidine rings is 1. The quantitative estimate of drug-likeness (QED) is 0.769. The zero-order valence-corrected chi connectivity index (χ0v) is 14.6. The van der Waals surface area contributed by atoms with Gasteiger partial charge in [0.2, 0.25) is 0 Å². The first-order chi connectivity index (χ1) is 11.0. The van der Waals surface area contributed by atoms with Crippen LogP contribution in [0.3, 0.4) is 0 Å². The lowest BCUT2D eigenvalue weighted by molar-refractivity contribution is 0.0681. The largest absolute Gasteiger partial charge is 0.352 e. The summed E-state index contributed by atoms with van der Waals surface area (Å²) in [5.74, 6) is 0.0608. The molecule has 2 aliphatic rings. The van der Waals surface area contributed by atoms with Crippen molar-refractivity contribution in [2.75, 3.05) is 7.05 Å². The van der Waals surface area contributed by atoms with Crippen LogP contribution in [0, 0.1) is 0 Å². The van der Waals surface area contributed by atoms with Crippen molar-refractivity contribution >= 4 is 24.3 Å². The zero-order valence-electron chi connectivity index (χ0n) is 13.8. The Morgan fingerprint density at radius 1 is 1.21 bits per heavy atom. The number of urea groups is 1. The predicted molar refractivity (Wildman–Crippen MR) is 95.2 cm³/mol. The third kappa shape index (κ3) is 4.19. The number of nitrogens with two attached hydrogens (primary N) is 1. The molecule has 2 unspecified atom stereocenters. The van der Waals surface area contributed by atoms with Crippen molar-refractivity contribution in [3.63, 3.8) is 0 Å². The number of fused-ring (bicyclic) bond motifs is 2. The lowest BCUT2D eigenvalue weighted by Gasteiger charge is -2.35. The first kappa shape index (κ1) is 18.5. The maximum atomic E-state index is 12.7. The summed E-state index contributed by atoms with van der Waals surface area (Å²) in [5, 5.41) is 6.14. The predicted octanol–water partition coefficient (Wildman–Crippen LogP) is 1.63. The molecule has 2 saturated heterocycles. The van der Waals surface area contributed by atoms with Gasteiger partial charge in [0.15, 0.2) is 0 Å². The van der Waals surface area contributed by atoms with Crippen molar-refractivity contribution < 1.29 is 9.59 Å². The number of carbonyl (C=O) groups excluding carboxylic acids is 2. The number of nitrogens with one attached hydrogen (secondary N) is 2. The normalized spacial score (nSPS) is 24.8. The van der Waals surface area contributed by atoms with Crippen molar-refractivity contribution in [2.45, 2.75) is 50.4 Å². The second-order valence-electron chi connectivity index (χ2n) is 6.59. The van der Waals surface area contributed by atoms with Gasteiger partial charge >= 0.3 is 6.03 Å². The minimum absolute atomic E-state index is 0. The fourth-order valence-electron chi connectivity index (χ4n) is 3.67. The van der Waals surface area contributed by atoms with E-state index in [1.54, 1.807) is 0 Å². The number of hydrogen-bond donors (Lipinski definition) is 3. The Labute approximate surface area is 148 Å². The first-order valence-corrected chi connectivity index (χ1v) is 8.18. The molecular formula is C17H25ClN4O2. The van der Waals surface area contributed by atoms with Crippen LogP contribution in [-0.4, -0.2) is 42.0 Å². The average molecular weight is 353 g/mol. The molecule has 2 atom stereocenters. The van der Waals surface area contributed by atoms with Crippen LogP contribution < -0.4 is 16.4 Å². The van der Waals surface area contributed by atoms with Crippen LogP contribution in [-0.2, 0) is 6.54 Å². The van der Waals surface area contributed by atoms with Gasteiger partial charge in [-0.15, -0.1) is 12.4 Å². The third-order valence-electron chi connectivity index (χ3n) is 4.98. The van der Waals surface area contributed by atoms with Gasteiger partial charge in [0.1, 0.15) is 0 Å². The smallest absolute Gasteiger partial charge is 0.312 e. The van der Waals surface area contributed by atoms with E-state index in [4.69, 9.17) is 5.73 Å². The number of primary amides is 1. The van der Waals surface area contributed by atoms with Crippen LogP contribution in [0.25, 0.3) is 0 Å². The monoisotopic (exact) mass is 352 g/mol. The van der Waals surface area contributed by atoms with E-state index in [0.29, 0.717) is 30.2 Å². The van der Waals surface area contributed by atoms with Gasteiger partial charge in [-0.25, -0.2) is 4.79 Å². The maximum Gasteiger partial charge on any atom is 0.312 e. The van der Waals surface area contributed by atoms with Crippen LogP contribution in [0.2, 0.25) is 0 Å². The molecule has 1 aromatic rings. The first-order valence-electron chi connectivity index (χ1n) is 8.18. The van der Waals surface area contributed by atoms with Gasteiger partial charge in [0.05, 0.1) is 0 Å². The van der Waals surface area contributed by atoms with E-state index < -0.39 is 6.03 Å². The minimum atomic E-state index is -0.551. The highest BCUT2D eigenvalue weighted by molar-refractivity contribution is 5.94. The highest BCUT2D eigenvalue weighted by Gasteiger charge is 2.36. The van der Waals surface area contributed by atoms with Crippen molar-refractivity contribution in [3.8, 4) is 0 Å². The number of benzene rings is 1. The van der Waals surface area contributed by atoms with Gasteiger partial charge in [-0.2, -0.15) is 0 Å². The Kier molecular flexibility index (Phi) is 6.07. The summed E-state index contributed by atoms with van der Waals surface area (Å²) in [6, 6.07) is 8.22. The van der Waals surface area contributed by atoms with Crippen molar-refractivity contribution in [1.82, 2.24) is 15.5 Å². The standard InChI is InChI=1S/C17H24N4O2.ClH/c1-21(15-8-13-6-7-14(9-15)20-13)16(22)12-4-2-11(3-5-12)10-19-17(18)23;/h2-5,13-15,20H,6-10H2,1H3,(H3,18,19,23);1H. The van der Waals surface area contributed by atoms with Crippen LogP contribution in [0.1, 0.15) is 41.6 Å². The Balaban J connectivity index is 0.00000208. The fraction of sp³-hybridized carbons (Fsp3) is 0.529. The van der Waals surface area contributed by atoms with E-state index in [9.17, 15) is 9.59 Å². The summed E-state index contributed by atoms with van der Waals surface area (Å²) in [6.07, 6.45) is 4.54. The Bertz CT molecular complexity index is 581. The summed E-state index contributed by atoms with van der Waals surface area (Å²) < 4.78 is 0. The fourth-order valence-corrected chi connectivity index (χ4v) is 3.67. The maximum absolute atomic E-state index is 12.7. The summed E-state index contributed by atoms with van der Waals surface area (Å²) in [4.78, 5) is 25.3. The number of hydrogen-bond acceptors (Lipinski definition) is 3. The molecule has 2 aliphatic heterocycles. The van der Waals surface area contributed by atoms with Crippen LogP contribution in [0.5, 0.6) is 0 Å². The third-order valence-corrected chi connectivity index (χ3v) is 4.98. The molecule has 7 heteroatoms. The molecule has 2 fully saturated rings. The summed E-state index contributed by atoms with van der Waals surface area (Å²) in [6.45, 7) is 0.372. The number of halogens is 1. The Morgan fingerprint density at radius 3 is 2.33 bits per heavy atom. The second kappa shape index (κ2) is 7.85. The molecule has 0 radical (unpaired) electrons. The van der Waals surface area contributed by atoms with Gasteiger partial charge in [0, 0.05) is 37.3 Å². The van der Waals surface area contributed by atoms with E-state index >= 15 is 0 Å². The van der Waals surface area contributed by atoms with Crippen LogP contribution >= 0.6 is 12.4 Å². The van der Waals surface area contributed by atoms with E-state index in [-0.39, 0.29) is 18.3 Å². The van der Waals surface area contributed by atoms with E-state index in [1.165, 1.54) is 12.8 Å². The molecule has 1 aromatic carbocycles. The molecule has 2 heterocycles. The average Bonchev–Trinajstić information content (AvgIpc) is 2.90. The zero-order chi connectivity index (χ0) is 16.4. The van der Waals surface area contributed by atoms with Gasteiger partial charge < -0.3 is 21.3 Å². The molecule has 2 bridgehead atoms. The second-order valence-corrected chi connectivity index (χ2v) is 6.59. The van der Waals surface area contributed by atoms with Crippen molar-refractivity contribution in [1.29, 1.82) is 0 Å². The minimum Gasteiger partial charge on any atom is -0.352 e. The molecule has 0 spiro atoms. The highest BCUT2D eigenvalue weighted by atomic mass is 35.5. The van der Waals surface area contributed by atoms with Gasteiger partial charge in [-0.05, 0) is 43.4 Å². The topological polar surface area (TPSA) is 87.5 Å². The number of rotatable bonds is 4. The van der Waals surface area contributed by atoms with Crippen molar-refractivity contribution in [2.24, 2.45) is 5.73 Å². The lowest BCUT2D eigenvalue weighted by Crippen LogP contribution is -2.48. The molecule has 6 nitrogen and oxygen atoms in total. The number of nitrogens with zero attached hydrogens (tertiary/aromatic N) is 1. The molecule has 3 rings (SSSR count). The number of carbonyl (C=O) groups is 2. The van der Waals surface area contributed by atoms with Crippen LogP contribution in [0.15, 0.2) is 24.3 Å². The molecule has 0 saturated carbocycles. The molecule has 24 heavy (non-hydrogen) atoms. The van der Waals surface area contributed by atoms with E-state index in [1.807, 2.05) is 36.2 Å². The summed E-state index contributed by atoms with van der Waals surface area (Å²) in [5.41, 5.74) is 6.65. The summed E-state index contributed by atoms with van der Waals surface area (Å²) in [7, 11) is 1.90. The Hall–Kier alpha value is -1.79. The number of amides is 3. The highest BCUT2D eigenvalue weighted by Crippen LogP contribution is 2.29. The van der Waals surface area contributed by atoms with Crippen LogP contribution in [0.4, 0.5) is 4.79 Å². The molecular weight excluding hydrogens is 328 g/mol. The summed E-state index contributed by atoms with van der Waals surface area (Å²) >= 11 is 0.